The molecule has 2 fully saturated rings. The van der Waals surface area contributed by atoms with Crippen molar-refractivity contribution in [3.05, 3.63) is 65.2 Å². The van der Waals surface area contributed by atoms with Crippen molar-refractivity contribution in [2.75, 3.05) is 12.3 Å². The van der Waals surface area contributed by atoms with Gasteiger partial charge in [-0.1, -0.05) is 36.6 Å². The summed E-state index contributed by atoms with van der Waals surface area (Å²) < 4.78 is 1.70. The van der Waals surface area contributed by atoms with E-state index in [2.05, 4.69) is 10.00 Å². The molecular weight excluding hydrogens is 408 g/mol. The molecule has 2 N–H and O–H groups in total. The molecule has 2 heterocycles. The van der Waals surface area contributed by atoms with Crippen LogP contribution in [0.3, 0.4) is 0 Å². The maximum Gasteiger partial charge on any atom is 0.254 e. The third-order valence-electron chi connectivity index (χ3n) is 6.72. The molecule has 2 aliphatic rings. The molecule has 1 aliphatic carbocycles. The van der Waals surface area contributed by atoms with Crippen LogP contribution in [0.1, 0.15) is 48.9 Å². The number of hydrogen-bond acceptors (Lipinski definition) is 3. The molecule has 160 valence electrons. The van der Waals surface area contributed by atoms with Gasteiger partial charge in [0.25, 0.3) is 5.91 Å². The average molecular weight is 435 g/mol. The number of halogens is 1. The largest absolute Gasteiger partial charge is 0.384 e. The molecule has 1 saturated carbocycles. The van der Waals surface area contributed by atoms with Gasteiger partial charge in [-0.15, -0.1) is 0 Å². The normalized spacial score (nSPS) is 21.0. The topological polar surface area (TPSA) is 64.1 Å². The number of aromatic nitrogens is 2. The van der Waals surface area contributed by atoms with Crippen LogP contribution in [0.15, 0.2) is 54.6 Å². The lowest BCUT2D eigenvalue weighted by atomic mass is 9.78. The Morgan fingerprint density at radius 1 is 1.00 bits per heavy atom. The van der Waals surface area contributed by atoms with Crippen LogP contribution >= 0.6 is 11.6 Å². The highest BCUT2D eigenvalue weighted by atomic mass is 35.5. The van der Waals surface area contributed by atoms with E-state index in [4.69, 9.17) is 17.3 Å². The second kappa shape index (κ2) is 8.39. The molecule has 2 unspecified atom stereocenters. The van der Waals surface area contributed by atoms with Crippen molar-refractivity contribution in [2.45, 2.75) is 44.6 Å². The predicted octanol–water partition coefficient (Wildman–Crippen LogP) is 5.57. The zero-order valence-electron chi connectivity index (χ0n) is 17.5. The van der Waals surface area contributed by atoms with Gasteiger partial charge in [-0.25, -0.2) is 4.68 Å². The number of rotatable bonds is 3. The van der Waals surface area contributed by atoms with Crippen molar-refractivity contribution < 1.29 is 4.79 Å². The second-order valence-corrected chi connectivity index (χ2v) is 9.11. The van der Waals surface area contributed by atoms with Crippen LogP contribution in [0.25, 0.3) is 16.9 Å². The number of benzene rings is 2. The molecule has 1 saturated heterocycles. The maximum absolute atomic E-state index is 13.3. The third-order valence-corrected chi connectivity index (χ3v) is 6.96. The van der Waals surface area contributed by atoms with Crippen LogP contribution in [0.2, 0.25) is 5.02 Å². The van der Waals surface area contributed by atoms with Crippen molar-refractivity contribution in [2.24, 2.45) is 5.92 Å². The molecule has 1 aliphatic heterocycles. The Hall–Kier alpha value is -2.79. The monoisotopic (exact) mass is 434 g/mol. The Kier molecular flexibility index (Phi) is 5.45. The summed E-state index contributed by atoms with van der Waals surface area (Å²) in [5.74, 6) is 1.37. The SMILES string of the molecule is Nc1cc(-c2cccc(Cl)c2)nn1-c1ccc(C(=O)N2CCCC3CCCCC32)cc1. The first-order valence-electron chi connectivity index (χ1n) is 11.1. The van der Waals surface area contributed by atoms with Gasteiger partial charge in [0, 0.05) is 34.8 Å². The third kappa shape index (κ3) is 3.94. The number of anilines is 1. The van der Waals surface area contributed by atoms with Crippen LogP contribution in [-0.4, -0.2) is 33.2 Å². The van der Waals surface area contributed by atoms with Crippen molar-refractivity contribution in [1.82, 2.24) is 14.7 Å². The van der Waals surface area contributed by atoms with Crippen LogP contribution in [0.5, 0.6) is 0 Å². The van der Waals surface area contributed by atoms with Crippen LogP contribution in [0, 0.1) is 5.92 Å². The summed E-state index contributed by atoms with van der Waals surface area (Å²) in [4.78, 5) is 15.4. The van der Waals surface area contributed by atoms with Gasteiger partial charge in [0.2, 0.25) is 0 Å². The van der Waals surface area contributed by atoms with Gasteiger partial charge in [0.15, 0.2) is 0 Å². The standard InChI is InChI=1S/C25H27ClN4O/c26-20-8-3-6-19(15-20)22-16-24(27)30(28-22)21-12-10-18(11-13-21)25(31)29-14-4-7-17-5-1-2-9-23(17)29/h3,6,8,10-13,15-17,23H,1-2,4-5,7,9,14,27H2. The van der Waals surface area contributed by atoms with E-state index >= 15 is 0 Å². The average Bonchev–Trinajstić information content (AvgIpc) is 3.20. The fraction of sp³-hybridized carbons (Fsp3) is 0.360. The fourth-order valence-corrected chi connectivity index (χ4v) is 5.37. The summed E-state index contributed by atoms with van der Waals surface area (Å²) in [6, 6.07) is 17.4. The lowest BCUT2D eigenvalue weighted by molar-refractivity contribution is 0.0390. The van der Waals surface area contributed by atoms with Crippen molar-refractivity contribution in [1.29, 1.82) is 0 Å². The molecule has 5 rings (SSSR count). The number of piperidine rings is 1. The van der Waals surface area contributed by atoms with Gasteiger partial charge in [0.1, 0.15) is 5.82 Å². The minimum Gasteiger partial charge on any atom is -0.384 e. The molecule has 31 heavy (non-hydrogen) atoms. The molecule has 1 amide bonds. The number of fused-ring (bicyclic) bond motifs is 1. The van der Waals surface area contributed by atoms with Gasteiger partial charge in [-0.2, -0.15) is 5.10 Å². The number of likely N-dealkylation sites (tertiary alicyclic amines) is 1. The lowest BCUT2D eigenvalue weighted by Gasteiger charge is -2.44. The zero-order valence-corrected chi connectivity index (χ0v) is 18.3. The Morgan fingerprint density at radius 2 is 1.77 bits per heavy atom. The number of nitrogens with two attached hydrogens (primary N) is 1. The second-order valence-electron chi connectivity index (χ2n) is 8.68. The Bertz CT molecular complexity index is 1090. The van der Waals surface area contributed by atoms with Crippen molar-refractivity contribution >= 4 is 23.3 Å². The Labute approximate surface area is 187 Å². The van der Waals surface area contributed by atoms with E-state index in [1.54, 1.807) is 4.68 Å². The van der Waals surface area contributed by atoms with Gasteiger partial charge in [0.05, 0.1) is 11.4 Å². The van der Waals surface area contributed by atoms with E-state index in [0.29, 0.717) is 22.8 Å². The maximum atomic E-state index is 13.3. The van der Waals surface area contributed by atoms with E-state index < -0.39 is 0 Å². The summed E-state index contributed by atoms with van der Waals surface area (Å²) in [7, 11) is 0. The molecule has 5 nitrogen and oxygen atoms in total. The quantitative estimate of drug-likeness (QED) is 0.586. The number of nitrogens with zero attached hydrogens (tertiary/aromatic N) is 3. The Morgan fingerprint density at radius 3 is 2.58 bits per heavy atom. The lowest BCUT2D eigenvalue weighted by Crippen LogP contribution is -2.49. The van der Waals surface area contributed by atoms with Crippen molar-refractivity contribution in [3.8, 4) is 16.9 Å². The van der Waals surface area contributed by atoms with E-state index in [-0.39, 0.29) is 5.91 Å². The molecule has 3 aromatic rings. The van der Waals surface area contributed by atoms with Gasteiger partial charge in [-0.3, -0.25) is 4.79 Å². The first-order valence-corrected chi connectivity index (χ1v) is 11.5. The number of hydrogen-bond donors (Lipinski definition) is 1. The predicted molar refractivity (Wildman–Crippen MR) is 124 cm³/mol. The minimum absolute atomic E-state index is 0.149. The fourth-order valence-electron chi connectivity index (χ4n) is 5.18. The Balaban J connectivity index is 1.37. The minimum atomic E-state index is 0.149. The molecule has 6 heteroatoms. The molecule has 2 atom stereocenters. The van der Waals surface area contributed by atoms with Gasteiger partial charge >= 0.3 is 0 Å². The van der Waals surface area contributed by atoms with Gasteiger partial charge < -0.3 is 10.6 Å². The highest BCUT2D eigenvalue weighted by Crippen LogP contribution is 2.36. The molecule has 0 radical (unpaired) electrons. The van der Waals surface area contributed by atoms with E-state index in [1.807, 2.05) is 54.6 Å². The summed E-state index contributed by atoms with van der Waals surface area (Å²) >= 11 is 6.11. The summed E-state index contributed by atoms with van der Waals surface area (Å²) in [5.41, 5.74) is 9.47. The molecule has 0 spiro atoms. The van der Waals surface area contributed by atoms with Crippen LogP contribution in [0.4, 0.5) is 5.82 Å². The summed E-state index contributed by atoms with van der Waals surface area (Å²) in [6.45, 7) is 0.872. The highest BCUT2D eigenvalue weighted by Gasteiger charge is 2.35. The summed E-state index contributed by atoms with van der Waals surface area (Å²) in [6.07, 6.45) is 7.32. The smallest absolute Gasteiger partial charge is 0.254 e. The molecular formula is C25H27ClN4O. The van der Waals surface area contributed by atoms with Crippen LogP contribution < -0.4 is 5.73 Å². The van der Waals surface area contributed by atoms with E-state index in [9.17, 15) is 4.79 Å². The summed E-state index contributed by atoms with van der Waals surface area (Å²) in [5, 5.41) is 5.31. The van der Waals surface area contributed by atoms with Gasteiger partial charge in [-0.05, 0) is 68.0 Å². The van der Waals surface area contributed by atoms with Crippen molar-refractivity contribution in [3.63, 3.8) is 0 Å². The molecule has 0 bridgehead atoms. The number of amides is 1. The first kappa shape index (κ1) is 20.1. The number of carbonyl (C=O) groups is 1. The molecule has 2 aromatic carbocycles. The van der Waals surface area contributed by atoms with E-state index in [0.717, 1.165) is 41.9 Å². The zero-order chi connectivity index (χ0) is 21.4. The molecule has 1 aromatic heterocycles. The van der Waals surface area contributed by atoms with E-state index in [1.165, 1.54) is 25.7 Å². The number of nitrogen functional groups attached to an aromatic ring is 1. The first-order chi connectivity index (χ1) is 15.1. The number of carbonyl (C=O) groups excluding carboxylic acids is 1. The van der Waals surface area contributed by atoms with Crippen LogP contribution in [-0.2, 0) is 0 Å². The highest BCUT2D eigenvalue weighted by molar-refractivity contribution is 6.30.